The highest BCUT2D eigenvalue weighted by atomic mass is 16.5. The van der Waals surface area contributed by atoms with Crippen LogP contribution >= 0.6 is 0 Å². The van der Waals surface area contributed by atoms with Crippen molar-refractivity contribution in [3.8, 4) is 0 Å². The summed E-state index contributed by atoms with van der Waals surface area (Å²) in [5.74, 6) is 0. The number of fused-ring (bicyclic) bond motifs is 1. The van der Waals surface area contributed by atoms with Crippen molar-refractivity contribution in [3.63, 3.8) is 0 Å². The fourth-order valence-corrected chi connectivity index (χ4v) is 1.90. The fourth-order valence-electron chi connectivity index (χ4n) is 1.90. The molecule has 0 saturated heterocycles. The van der Waals surface area contributed by atoms with Crippen molar-refractivity contribution in [2.45, 2.75) is 6.92 Å². The molecule has 0 spiro atoms. The van der Waals surface area contributed by atoms with Gasteiger partial charge in [-0.05, 0) is 25.1 Å². The topological polar surface area (TPSA) is 25.6 Å². The van der Waals surface area contributed by atoms with Gasteiger partial charge in [-0.1, -0.05) is 6.07 Å². The van der Waals surface area contributed by atoms with Crippen molar-refractivity contribution in [1.82, 2.24) is 0 Å². The van der Waals surface area contributed by atoms with E-state index in [0.717, 1.165) is 25.3 Å². The van der Waals surface area contributed by atoms with E-state index in [1.165, 1.54) is 11.1 Å². The van der Waals surface area contributed by atoms with E-state index in [4.69, 9.17) is 9.15 Å². The number of rotatable bonds is 5. The molecule has 0 aliphatic heterocycles. The molecule has 16 heavy (non-hydrogen) atoms. The predicted octanol–water partition coefficient (Wildman–Crippen LogP) is 2.91. The number of ether oxygens (including phenoxy) is 1. The quantitative estimate of drug-likeness (QED) is 0.773. The highest BCUT2D eigenvalue weighted by Gasteiger charge is 2.09. The summed E-state index contributed by atoms with van der Waals surface area (Å²) < 4.78 is 10.5. The first-order valence-corrected chi connectivity index (χ1v) is 5.57. The van der Waals surface area contributed by atoms with E-state index in [-0.39, 0.29) is 0 Å². The molecule has 0 bridgehead atoms. The number of nitrogens with zero attached hydrogens (tertiary/aromatic N) is 1. The average Bonchev–Trinajstić information content (AvgIpc) is 2.78. The molecular formula is C13H17NO2. The molecule has 0 fully saturated rings. The van der Waals surface area contributed by atoms with E-state index < -0.39 is 0 Å². The van der Waals surface area contributed by atoms with Gasteiger partial charge in [-0.3, -0.25) is 0 Å². The van der Waals surface area contributed by atoms with E-state index >= 15 is 0 Å². The van der Waals surface area contributed by atoms with E-state index in [9.17, 15) is 0 Å². The Morgan fingerprint density at radius 3 is 2.94 bits per heavy atom. The van der Waals surface area contributed by atoms with Crippen molar-refractivity contribution < 1.29 is 9.15 Å². The van der Waals surface area contributed by atoms with Crippen LogP contribution in [0.2, 0.25) is 0 Å². The molecule has 0 radical (unpaired) electrons. The lowest BCUT2D eigenvalue weighted by molar-refractivity contribution is 0.205. The maximum absolute atomic E-state index is 5.40. The first kappa shape index (κ1) is 11.0. The number of hydrogen-bond acceptors (Lipinski definition) is 3. The van der Waals surface area contributed by atoms with Crippen LogP contribution < -0.4 is 4.90 Å². The average molecular weight is 219 g/mol. The second-order valence-electron chi connectivity index (χ2n) is 3.68. The molecule has 2 aromatic rings. The Kier molecular flexibility index (Phi) is 3.47. The van der Waals surface area contributed by atoms with Crippen LogP contribution in [0.1, 0.15) is 6.92 Å². The minimum Gasteiger partial charge on any atom is -0.464 e. The van der Waals surface area contributed by atoms with Crippen molar-refractivity contribution in [2.24, 2.45) is 0 Å². The maximum atomic E-state index is 5.40. The van der Waals surface area contributed by atoms with Crippen LogP contribution in [0.25, 0.3) is 11.0 Å². The van der Waals surface area contributed by atoms with E-state index in [1.807, 2.05) is 18.2 Å². The van der Waals surface area contributed by atoms with Gasteiger partial charge in [0.05, 0.1) is 12.9 Å². The second-order valence-corrected chi connectivity index (χ2v) is 3.68. The smallest absolute Gasteiger partial charge is 0.135 e. The highest BCUT2D eigenvalue weighted by Crippen LogP contribution is 2.27. The lowest BCUT2D eigenvalue weighted by atomic mass is 10.2. The van der Waals surface area contributed by atoms with E-state index in [0.29, 0.717) is 0 Å². The standard InChI is InChI=1S/C13H17NO2/c1-3-14(8-10-15-2)12-5-4-6-13-11(12)7-9-16-13/h4-7,9H,3,8,10H2,1-2H3. The van der Waals surface area contributed by atoms with Crippen LogP contribution in [0.3, 0.4) is 0 Å². The van der Waals surface area contributed by atoms with Crippen LogP contribution in [0, 0.1) is 0 Å². The van der Waals surface area contributed by atoms with Gasteiger partial charge >= 0.3 is 0 Å². The van der Waals surface area contributed by atoms with Gasteiger partial charge in [0.1, 0.15) is 5.58 Å². The lowest BCUT2D eigenvalue weighted by Crippen LogP contribution is -2.26. The summed E-state index contributed by atoms with van der Waals surface area (Å²) in [5, 5.41) is 1.17. The third-order valence-corrected chi connectivity index (χ3v) is 2.76. The normalized spacial score (nSPS) is 10.9. The zero-order valence-corrected chi connectivity index (χ0v) is 9.77. The molecule has 1 aromatic heterocycles. The SMILES string of the molecule is CCN(CCOC)c1cccc2occc12. The van der Waals surface area contributed by atoms with Gasteiger partial charge in [0.2, 0.25) is 0 Å². The predicted molar refractivity (Wildman–Crippen MR) is 66.0 cm³/mol. The largest absolute Gasteiger partial charge is 0.464 e. The Morgan fingerprint density at radius 1 is 1.31 bits per heavy atom. The summed E-state index contributed by atoms with van der Waals surface area (Å²) >= 11 is 0. The minimum absolute atomic E-state index is 0.738. The summed E-state index contributed by atoms with van der Waals surface area (Å²) in [6.07, 6.45) is 1.73. The summed E-state index contributed by atoms with van der Waals surface area (Å²) in [6, 6.07) is 8.15. The third-order valence-electron chi connectivity index (χ3n) is 2.76. The highest BCUT2D eigenvalue weighted by molar-refractivity contribution is 5.90. The van der Waals surface area contributed by atoms with Gasteiger partial charge in [0, 0.05) is 31.3 Å². The second kappa shape index (κ2) is 5.03. The van der Waals surface area contributed by atoms with Crippen LogP contribution in [0.4, 0.5) is 5.69 Å². The number of hydrogen-bond donors (Lipinski definition) is 0. The minimum atomic E-state index is 0.738. The number of methoxy groups -OCH3 is 1. The molecule has 3 heteroatoms. The molecule has 1 heterocycles. The Hall–Kier alpha value is -1.48. The van der Waals surface area contributed by atoms with Gasteiger partial charge in [0.15, 0.2) is 0 Å². The summed E-state index contributed by atoms with van der Waals surface area (Å²) in [7, 11) is 1.73. The molecule has 0 atom stereocenters. The molecule has 1 aromatic carbocycles. The number of anilines is 1. The Balaban J connectivity index is 2.32. The van der Waals surface area contributed by atoms with E-state index in [1.54, 1.807) is 13.4 Å². The van der Waals surface area contributed by atoms with Crippen molar-refractivity contribution in [1.29, 1.82) is 0 Å². The maximum Gasteiger partial charge on any atom is 0.135 e. The van der Waals surface area contributed by atoms with Gasteiger partial charge in [-0.2, -0.15) is 0 Å². The van der Waals surface area contributed by atoms with Crippen LogP contribution in [0.15, 0.2) is 34.9 Å². The van der Waals surface area contributed by atoms with Crippen LogP contribution in [-0.4, -0.2) is 26.8 Å². The molecule has 86 valence electrons. The number of benzene rings is 1. The molecular weight excluding hydrogens is 202 g/mol. The molecule has 0 saturated carbocycles. The van der Waals surface area contributed by atoms with Crippen LogP contribution in [0.5, 0.6) is 0 Å². The van der Waals surface area contributed by atoms with Crippen molar-refractivity contribution in [3.05, 3.63) is 30.5 Å². The Morgan fingerprint density at radius 2 is 2.19 bits per heavy atom. The zero-order chi connectivity index (χ0) is 11.4. The monoisotopic (exact) mass is 219 g/mol. The first-order chi connectivity index (χ1) is 7.86. The van der Waals surface area contributed by atoms with Crippen LogP contribution in [-0.2, 0) is 4.74 Å². The molecule has 0 aliphatic rings. The van der Waals surface area contributed by atoms with Gasteiger partial charge in [-0.15, -0.1) is 0 Å². The summed E-state index contributed by atoms with van der Waals surface area (Å²) in [5.41, 5.74) is 2.15. The van der Waals surface area contributed by atoms with Gasteiger partial charge in [-0.25, -0.2) is 0 Å². The zero-order valence-electron chi connectivity index (χ0n) is 9.77. The fraction of sp³-hybridized carbons (Fsp3) is 0.385. The van der Waals surface area contributed by atoms with Crippen molar-refractivity contribution in [2.75, 3.05) is 31.7 Å². The molecule has 2 rings (SSSR count). The summed E-state index contributed by atoms with van der Waals surface area (Å²) in [6.45, 7) is 4.75. The Labute approximate surface area is 95.6 Å². The number of furan rings is 1. The van der Waals surface area contributed by atoms with Crippen molar-refractivity contribution >= 4 is 16.7 Å². The molecule has 0 aliphatic carbocycles. The Bertz CT molecular complexity index is 450. The number of likely N-dealkylation sites (N-methyl/N-ethyl adjacent to an activating group) is 1. The molecule has 3 nitrogen and oxygen atoms in total. The molecule has 0 amide bonds. The first-order valence-electron chi connectivity index (χ1n) is 5.57. The summed E-state index contributed by atoms with van der Waals surface area (Å²) in [4.78, 5) is 2.29. The van der Waals surface area contributed by atoms with E-state index in [2.05, 4.69) is 17.9 Å². The van der Waals surface area contributed by atoms with Gasteiger partial charge < -0.3 is 14.1 Å². The molecule has 0 unspecified atom stereocenters. The third kappa shape index (κ3) is 2.04. The lowest BCUT2D eigenvalue weighted by Gasteiger charge is -2.23. The molecule has 0 N–H and O–H groups in total. The van der Waals surface area contributed by atoms with Gasteiger partial charge in [0.25, 0.3) is 0 Å².